The third-order valence-electron chi connectivity index (χ3n) is 10.3. The minimum atomic E-state index is -1.91. The molecule has 6 atom stereocenters. The van der Waals surface area contributed by atoms with Gasteiger partial charge in [0.25, 0.3) is 23.6 Å². The number of pyridine rings is 2. The second-order valence-electron chi connectivity index (χ2n) is 14.8. The highest BCUT2D eigenvalue weighted by molar-refractivity contribution is 5.92. The Labute approximate surface area is 352 Å². The third kappa shape index (κ3) is 11.1. The van der Waals surface area contributed by atoms with Gasteiger partial charge in [0.2, 0.25) is 0 Å². The zero-order valence-corrected chi connectivity index (χ0v) is 33.5. The van der Waals surface area contributed by atoms with Gasteiger partial charge < -0.3 is 50.7 Å². The Bertz CT molecular complexity index is 2280. The third-order valence-corrected chi connectivity index (χ3v) is 10.3. The first-order valence-corrected chi connectivity index (χ1v) is 19.6. The molecule has 7 N–H and O–H groups in total. The van der Waals surface area contributed by atoms with E-state index in [2.05, 4.69) is 20.6 Å². The number of carbonyl (C=O) groups is 4. The number of carbonyl (C=O) groups excluding carboxylic acids is 4. The van der Waals surface area contributed by atoms with Crippen LogP contribution in [0.5, 0.6) is 11.5 Å². The van der Waals surface area contributed by atoms with Crippen molar-refractivity contribution in [2.75, 3.05) is 0 Å². The summed E-state index contributed by atoms with van der Waals surface area (Å²) in [5.41, 5.74) is 5.64. The maximum Gasteiger partial charge on any atom is 0.255 e. The number of rotatable bonds is 13. The Hall–Kier alpha value is -6.72. The summed E-state index contributed by atoms with van der Waals surface area (Å²) < 4.78 is 5.83. The van der Waals surface area contributed by atoms with Crippen LogP contribution in [0.2, 0.25) is 0 Å². The van der Waals surface area contributed by atoms with Crippen LogP contribution in [-0.2, 0) is 52.0 Å². The number of phenolic OH excluding ortho intramolecular Hbond substituents is 1. The lowest BCUT2D eigenvalue weighted by molar-refractivity contribution is -0.153. The number of aliphatic hydroxyl groups excluding tert-OH is 4. The van der Waals surface area contributed by atoms with Gasteiger partial charge in [-0.15, -0.1) is 0 Å². The Balaban J connectivity index is 0.000000210. The molecule has 4 amide bonds. The fraction of sp³-hybridized carbons (Fsp3) is 0.289. The van der Waals surface area contributed by atoms with Crippen LogP contribution in [0.1, 0.15) is 65.1 Å². The molecule has 0 fully saturated rings. The number of phenols is 1. The average Bonchev–Trinajstić information content (AvgIpc) is 3.93. The van der Waals surface area contributed by atoms with Crippen LogP contribution in [0, 0.1) is 0 Å². The lowest BCUT2D eigenvalue weighted by Gasteiger charge is -2.24. The van der Waals surface area contributed by atoms with E-state index in [1.807, 2.05) is 60.7 Å². The van der Waals surface area contributed by atoms with Crippen LogP contribution in [0.15, 0.2) is 116 Å². The number of nitrogens with zero attached hydrogens (tertiary/aromatic N) is 4. The molecular weight excluding hydrogens is 785 g/mol. The molecule has 7 rings (SSSR count). The zero-order valence-electron chi connectivity index (χ0n) is 33.5. The van der Waals surface area contributed by atoms with Crippen LogP contribution < -0.4 is 15.4 Å². The number of fused-ring (bicyclic) bond motifs is 2. The molecule has 0 bridgehead atoms. The minimum absolute atomic E-state index is 0.0477. The molecule has 318 valence electrons. The number of hydrogen-bond acceptors (Lipinski definition) is 12. The predicted octanol–water partition coefficient (Wildman–Crippen LogP) is 2.33. The van der Waals surface area contributed by atoms with Crippen molar-refractivity contribution in [1.29, 1.82) is 0 Å². The number of aromatic nitrogens is 2. The van der Waals surface area contributed by atoms with Crippen molar-refractivity contribution in [1.82, 2.24) is 30.4 Å². The minimum Gasteiger partial charge on any atom is -0.508 e. The van der Waals surface area contributed by atoms with E-state index in [1.54, 1.807) is 56.6 Å². The van der Waals surface area contributed by atoms with Crippen molar-refractivity contribution < 1.29 is 49.4 Å². The van der Waals surface area contributed by atoms with E-state index in [-0.39, 0.29) is 31.9 Å². The van der Waals surface area contributed by atoms with E-state index in [0.29, 0.717) is 17.9 Å². The Morgan fingerprint density at radius 2 is 1.10 bits per heavy atom. The molecule has 3 aromatic carbocycles. The van der Waals surface area contributed by atoms with Crippen LogP contribution in [0.3, 0.4) is 0 Å². The highest BCUT2D eigenvalue weighted by atomic mass is 16.5. The molecule has 16 nitrogen and oxygen atoms in total. The largest absolute Gasteiger partial charge is 0.508 e. The van der Waals surface area contributed by atoms with E-state index < -0.39 is 60.1 Å². The van der Waals surface area contributed by atoms with Crippen molar-refractivity contribution >= 4 is 23.6 Å². The highest BCUT2D eigenvalue weighted by Crippen LogP contribution is 2.24. The van der Waals surface area contributed by atoms with Crippen molar-refractivity contribution in [3.05, 3.63) is 155 Å². The number of amides is 4. The summed E-state index contributed by atoms with van der Waals surface area (Å²) in [6, 6.07) is 29.5. The van der Waals surface area contributed by atoms with E-state index in [1.165, 1.54) is 21.9 Å². The number of ether oxygens (including phenoxy) is 1. The van der Waals surface area contributed by atoms with Crippen molar-refractivity contribution in [3.63, 3.8) is 0 Å². The summed E-state index contributed by atoms with van der Waals surface area (Å²) in [5, 5.41) is 55.7. The van der Waals surface area contributed by atoms with Gasteiger partial charge in [0.1, 0.15) is 18.1 Å². The maximum atomic E-state index is 12.6. The van der Waals surface area contributed by atoms with Gasteiger partial charge in [-0.25, -0.2) is 0 Å². The van der Waals surface area contributed by atoms with Crippen molar-refractivity contribution in [2.45, 2.75) is 83.1 Å². The Morgan fingerprint density at radius 3 is 1.59 bits per heavy atom. The first-order valence-electron chi connectivity index (χ1n) is 19.6. The quantitative estimate of drug-likeness (QED) is 0.0906. The number of hydrogen-bond donors (Lipinski definition) is 7. The molecule has 4 heterocycles. The molecule has 61 heavy (non-hydrogen) atoms. The fourth-order valence-electron chi connectivity index (χ4n) is 6.82. The van der Waals surface area contributed by atoms with E-state index >= 15 is 0 Å². The number of nitrogens with one attached hydrogen (secondary N) is 2. The predicted molar refractivity (Wildman–Crippen MR) is 219 cm³/mol. The number of aliphatic hydroxyl groups is 4. The molecule has 5 aromatic rings. The summed E-state index contributed by atoms with van der Waals surface area (Å²) in [5.74, 6) is -2.47. The van der Waals surface area contributed by atoms with Crippen LogP contribution in [0.4, 0.5) is 0 Å². The van der Waals surface area contributed by atoms with Gasteiger partial charge in [0.15, 0.2) is 24.4 Å². The second kappa shape index (κ2) is 20.0. The fourth-order valence-corrected chi connectivity index (χ4v) is 6.82. The first kappa shape index (κ1) is 43.8. The van der Waals surface area contributed by atoms with Crippen molar-refractivity contribution in [2.24, 2.45) is 0 Å². The van der Waals surface area contributed by atoms with E-state index in [9.17, 15) is 44.7 Å². The molecule has 0 saturated carbocycles. The smallest absolute Gasteiger partial charge is 0.255 e. The topological polar surface area (TPSA) is 235 Å². The van der Waals surface area contributed by atoms with Gasteiger partial charge in [-0.1, -0.05) is 66.7 Å². The summed E-state index contributed by atoms with van der Waals surface area (Å²) in [6.45, 7) is 4.82. The lowest BCUT2D eigenvalue weighted by atomic mass is 10.1. The normalized spacial score (nSPS) is 15.7. The number of benzene rings is 3. The van der Waals surface area contributed by atoms with Crippen LogP contribution >= 0.6 is 0 Å². The summed E-state index contributed by atoms with van der Waals surface area (Å²) in [6.07, 6.45) is -4.31. The molecule has 0 saturated heterocycles. The molecule has 2 aliphatic rings. The lowest BCUT2D eigenvalue weighted by Crippen LogP contribution is -2.50. The van der Waals surface area contributed by atoms with E-state index in [0.717, 1.165) is 33.6 Å². The summed E-state index contributed by atoms with van der Waals surface area (Å²) in [7, 11) is 0. The molecule has 0 radical (unpaired) electrons. The van der Waals surface area contributed by atoms with Gasteiger partial charge in [-0.05, 0) is 78.1 Å². The molecular formula is C45H48N6O10. The Kier molecular flexibility index (Phi) is 14.4. The molecule has 16 heteroatoms. The maximum absolute atomic E-state index is 12.6. The van der Waals surface area contributed by atoms with Gasteiger partial charge in [0.05, 0.1) is 36.6 Å². The molecule has 2 aromatic heterocycles. The van der Waals surface area contributed by atoms with Gasteiger partial charge >= 0.3 is 0 Å². The van der Waals surface area contributed by atoms with Crippen LogP contribution in [-0.4, -0.2) is 93.3 Å². The van der Waals surface area contributed by atoms with Gasteiger partial charge in [-0.2, -0.15) is 0 Å². The second-order valence-corrected chi connectivity index (χ2v) is 14.8. The standard InChI is InChI=1S/C26H27N3O5.C19H21N3O5/c1-17(19-9-5-11-21(13-19)34-16-18-7-3-2-4-8-18)28-25(32)23(30)24(31)26(33)29-14-20-10-6-12-27-22(20)15-29;1-11(12-4-2-6-14(23)8-12)21-18(26)16(24)17(25)19(27)22-9-13-5-3-7-20-15(13)10-22/h2-13,17,23-24,30-31H,14-16H2,1H3,(H,28,32);2-8,11,16-17,23-25H,9-10H2,1H3,(H,21,26)/t17-,23-,24-;11-,16-,17-/m11/s1. The van der Waals surface area contributed by atoms with Crippen LogP contribution in [0.25, 0.3) is 0 Å². The summed E-state index contributed by atoms with van der Waals surface area (Å²) in [4.78, 5) is 61.0. The van der Waals surface area contributed by atoms with Gasteiger partial charge in [0, 0.05) is 25.5 Å². The summed E-state index contributed by atoms with van der Waals surface area (Å²) >= 11 is 0. The first-order chi connectivity index (χ1) is 29.3. The number of aromatic hydroxyl groups is 1. The van der Waals surface area contributed by atoms with Crippen molar-refractivity contribution in [3.8, 4) is 11.5 Å². The van der Waals surface area contributed by atoms with Gasteiger partial charge in [-0.3, -0.25) is 29.1 Å². The molecule has 0 aliphatic carbocycles. The molecule has 0 unspecified atom stereocenters. The monoisotopic (exact) mass is 832 g/mol. The average molecular weight is 833 g/mol. The van der Waals surface area contributed by atoms with E-state index in [4.69, 9.17) is 4.74 Å². The zero-order chi connectivity index (χ0) is 43.6. The Morgan fingerprint density at radius 1 is 0.607 bits per heavy atom. The molecule has 2 aliphatic heterocycles. The highest BCUT2D eigenvalue weighted by Gasteiger charge is 2.37. The molecule has 0 spiro atoms. The SMILES string of the molecule is C[C@@H](NC(=O)[C@H](O)[C@@H](O)C(=O)N1Cc2cccnc2C1)c1cccc(O)c1.C[C@@H](NC(=O)[C@H](O)[C@@H](O)C(=O)N1Cc2cccnc2C1)c1cccc(OCc2ccccc2)c1.